The van der Waals surface area contributed by atoms with E-state index >= 15 is 0 Å². The van der Waals surface area contributed by atoms with Crippen molar-refractivity contribution in [3.8, 4) is 0 Å². The van der Waals surface area contributed by atoms with E-state index in [2.05, 4.69) is 15.3 Å². The van der Waals surface area contributed by atoms with Crippen molar-refractivity contribution in [3.63, 3.8) is 0 Å². The number of likely N-dealkylation sites (tertiary alicyclic amines) is 1. The number of hydrogen-bond acceptors (Lipinski definition) is 4. The van der Waals surface area contributed by atoms with Gasteiger partial charge in [0.15, 0.2) is 0 Å². The summed E-state index contributed by atoms with van der Waals surface area (Å²) in [6, 6.07) is 5.52. The standard InChI is InChI=1S/C18H22N4O3/c1-12(23)2-5-17(24)21-14-6-8-22(9-7-14)18(25)13-3-4-15-16(10-13)20-11-19-15/h3-4,10-11,14H,2,5-9H2,1H3,(H,19,20)(H,21,24). The molecule has 0 atom stereocenters. The number of nitrogens with one attached hydrogen (secondary N) is 2. The molecule has 1 aromatic heterocycles. The minimum absolute atomic E-state index is 0.00198. The Morgan fingerprint density at radius 1 is 1.24 bits per heavy atom. The van der Waals surface area contributed by atoms with Crippen LogP contribution in [0.5, 0.6) is 0 Å². The highest BCUT2D eigenvalue weighted by Crippen LogP contribution is 2.17. The summed E-state index contributed by atoms with van der Waals surface area (Å²) in [4.78, 5) is 44.3. The Morgan fingerprint density at radius 3 is 2.72 bits per heavy atom. The summed E-state index contributed by atoms with van der Waals surface area (Å²) in [5.41, 5.74) is 2.32. The quantitative estimate of drug-likeness (QED) is 0.864. The summed E-state index contributed by atoms with van der Waals surface area (Å²) >= 11 is 0. The lowest BCUT2D eigenvalue weighted by Gasteiger charge is -2.32. The predicted octanol–water partition coefficient (Wildman–Crippen LogP) is 1.65. The van der Waals surface area contributed by atoms with Crippen LogP contribution in [0.25, 0.3) is 11.0 Å². The Kier molecular flexibility index (Phi) is 5.11. The van der Waals surface area contributed by atoms with Crippen molar-refractivity contribution in [2.45, 2.75) is 38.6 Å². The molecule has 3 rings (SSSR count). The summed E-state index contributed by atoms with van der Waals surface area (Å²) < 4.78 is 0. The summed E-state index contributed by atoms with van der Waals surface area (Å²) in [7, 11) is 0. The van der Waals surface area contributed by atoms with Crippen LogP contribution in [-0.4, -0.2) is 51.6 Å². The van der Waals surface area contributed by atoms with E-state index in [4.69, 9.17) is 0 Å². The van der Waals surface area contributed by atoms with Crippen molar-refractivity contribution >= 4 is 28.6 Å². The van der Waals surface area contributed by atoms with Gasteiger partial charge >= 0.3 is 0 Å². The average molecular weight is 342 g/mol. The number of imidazole rings is 1. The van der Waals surface area contributed by atoms with Crippen molar-refractivity contribution in [2.75, 3.05) is 13.1 Å². The molecule has 0 bridgehead atoms. The molecule has 2 heterocycles. The first-order valence-electron chi connectivity index (χ1n) is 8.54. The van der Waals surface area contributed by atoms with Gasteiger partial charge in [0.2, 0.25) is 5.91 Å². The number of piperidine rings is 1. The second-order valence-electron chi connectivity index (χ2n) is 6.47. The van der Waals surface area contributed by atoms with Gasteiger partial charge in [-0.25, -0.2) is 4.98 Å². The van der Waals surface area contributed by atoms with Gasteiger partial charge < -0.3 is 20.0 Å². The topological polar surface area (TPSA) is 95.2 Å². The van der Waals surface area contributed by atoms with E-state index in [1.807, 2.05) is 17.0 Å². The number of rotatable bonds is 5. The van der Waals surface area contributed by atoms with Crippen molar-refractivity contribution in [2.24, 2.45) is 0 Å². The molecular weight excluding hydrogens is 320 g/mol. The number of carbonyl (C=O) groups excluding carboxylic acids is 3. The molecule has 7 heteroatoms. The highest BCUT2D eigenvalue weighted by atomic mass is 16.2. The Hall–Kier alpha value is -2.70. The number of aromatic amines is 1. The fraction of sp³-hybridized carbons (Fsp3) is 0.444. The van der Waals surface area contributed by atoms with E-state index in [1.165, 1.54) is 6.92 Å². The second-order valence-corrected chi connectivity index (χ2v) is 6.47. The lowest BCUT2D eigenvalue weighted by atomic mass is 10.0. The molecule has 132 valence electrons. The SMILES string of the molecule is CC(=O)CCC(=O)NC1CCN(C(=O)c2ccc3nc[nH]c3c2)CC1. The van der Waals surface area contributed by atoms with Gasteiger partial charge in [-0.1, -0.05) is 0 Å². The maximum Gasteiger partial charge on any atom is 0.253 e. The number of benzene rings is 1. The largest absolute Gasteiger partial charge is 0.353 e. The molecule has 2 aromatic rings. The van der Waals surface area contributed by atoms with Gasteiger partial charge in [-0.2, -0.15) is 0 Å². The molecule has 0 aliphatic carbocycles. The van der Waals surface area contributed by atoms with Gasteiger partial charge in [0.05, 0.1) is 17.4 Å². The van der Waals surface area contributed by atoms with Crippen LogP contribution < -0.4 is 5.32 Å². The van der Waals surface area contributed by atoms with E-state index < -0.39 is 0 Å². The van der Waals surface area contributed by atoms with Gasteiger partial charge in [0.25, 0.3) is 5.91 Å². The normalized spacial score (nSPS) is 15.3. The summed E-state index contributed by atoms with van der Waals surface area (Å²) in [6.45, 7) is 2.70. The predicted molar refractivity (Wildman–Crippen MR) is 93.1 cm³/mol. The summed E-state index contributed by atoms with van der Waals surface area (Å²) in [6.07, 6.45) is 3.57. The van der Waals surface area contributed by atoms with E-state index in [9.17, 15) is 14.4 Å². The fourth-order valence-electron chi connectivity index (χ4n) is 3.07. The number of ketones is 1. The Morgan fingerprint density at radius 2 is 2.00 bits per heavy atom. The third kappa shape index (κ3) is 4.23. The minimum Gasteiger partial charge on any atom is -0.353 e. The van der Waals surface area contributed by atoms with Crippen LogP contribution >= 0.6 is 0 Å². The van der Waals surface area contributed by atoms with Gasteiger partial charge in [0.1, 0.15) is 5.78 Å². The lowest BCUT2D eigenvalue weighted by Crippen LogP contribution is -2.46. The maximum atomic E-state index is 12.6. The number of aromatic nitrogens is 2. The molecule has 1 aliphatic heterocycles. The molecule has 0 radical (unpaired) electrons. The Labute approximate surface area is 145 Å². The number of nitrogens with zero attached hydrogens (tertiary/aromatic N) is 2. The molecule has 1 aromatic carbocycles. The van der Waals surface area contributed by atoms with Crippen LogP contribution in [0, 0.1) is 0 Å². The van der Waals surface area contributed by atoms with E-state index in [1.54, 1.807) is 12.4 Å². The van der Waals surface area contributed by atoms with Crippen LogP contribution in [0.1, 0.15) is 43.0 Å². The molecule has 25 heavy (non-hydrogen) atoms. The zero-order chi connectivity index (χ0) is 17.8. The first-order chi connectivity index (χ1) is 12.0. The number of fused-ring (bicyclic) bond motifs is 1. The number of carbonyl (C=O) groups is 3. The monoisotopic (exact) mass is 342 g/mol. The molecule has 1 fully saturated rings. The van der Waals surface area contributed by atoms with Crippen molar-refractivity contribution in [1.29, 1.82) is 0 Å². The van der Waals surface area contributed by atoms with Gasteiger partial charge in [-0.05, 0) is 38.0 Å². The molecule has 1 aliphatic rings. The minimum atomic E-state index is -0.0929. The molecule has 2 N–H and O–H groups in total. The zero-order valence-corrected chi connectivity index (χ0v) is 14.2. The van der Waals surface area contributed by atoms with Crippen LogP contribution in [0.4, 0.5) is 0 Å². The van der Waals surface area contributed by atoms with Crippen molar-refractivity contribution in [1.82, 2.24) is 20.2 Å². The van der Waals surface area contributed by atoms with Gasteiger partial charge in [0, 0.05) is 37.5 Å². The molecule has 0 unspecified atom stereocenters. The Bertz CT molecular complexity index is 790. The maximum absolute atomic E-state index is 12.6. The number of hydrogen-bond donors (Lipinski definition) is 2. The van der Waals surface area contributed by atoms with Gasteiger partial charge in [-0.3, -0.25) is 9.59 Å². The second kappa shape index (κ2) is 7.46. The molecule has 7 nitrogen and oxygen atoms in total. The zero-order valence-electron chi connectivity index (χ0n) is 14.2. The van der Waals surface area contributed by atoms with Crippen LogP contribution in [0.15, 0.2) is 24.5 Å². The number of H-pyrrole nitrogens is 1. The molecule has 1 saturated heterocycles. The van der Waals surface area contributed by atoms with Crippen molar-refractivity contribution < 1.29 is 14.4 Å². The van der Waals surface area contributed by atoms with E-state index in [0.29, 0.717) is 18.7 Å². The number of Topliss-reactive ketones (excluding diaryl/α,β-unsaturated/α-hetero) is 1. The summed E-state index contributed by atoms with van der Waals surface area (Å²) in [5.74, 6) is -0.0765. The van der Waals surface area contributed by atoms with E-state index in [0.717, 1.165) is 23.9 Å². The summed E-state index contributed by atoms with van der Waals surface area (Å²) in [5, 5.41) is 2.95. The highest BCUT2D eigenvalue weighted by Gasteiger charge is 2.24. The molecular formula is C18H22N4O3. The highest BCUT2D eigenvalue weighted by molar-refractivity contribution is 5.97. The first-order valence-corrected chi connectivity index (χ1v) is 8.54. The first kappa shape index (κ1) is 17.1. The third-order valence-corrected chi connectivity index (χ3v) is 4.52. The van der Waals surface area contributed by atoms with Crippen LogP contribution in [-0.2, 0) is 9.59 Å². The molecule has 2 amide bonds. The van der Waals surface area contributed by atoms with Gasteiger partial charge in [-0.15, -0.1) is 0 Å². The average Bonchev–Trinajstić information content (AvgIpc) is 3.07. The van der Waals surface area contributed by atoms with Crippen molar-refractivity contribution in [3.05, 3.63) is 30.1 Å². The fourth-order valence-corrected chi connectivity index (χ4v) is 3.07. The molecule has 0 saturated carbocycles. The molecule has 0 spiro atoms. The number of amides is 2. The van der Waals surface area contributed by atoms with Crippen LogP contribution in [0.2, 0.25) is 0 Å². The smallest absolute Gasteiger partial charge is 0.253 e. The Balaban J connectivity index is 1.52. The van der Waals surface area contributed by atoms with Crippen LogP contribution in [0.3, 0.4) is 0 Å². The lowest BCUT2D eigenvalue weighted by molar-refractivity contribution is -0.125. The third-order valence-electron chi connectivity index (χ3n) is 4.52. The van der Waals surface area contributed by atoms with E-state index in [-0.39, 0.29) is 36.5 Å².